The van der Waals surface area contributed by atoms with Gasteiger partial charge < -0.3 is 9.64 Å². The molecule has 2 heteroatoms. The Morgan fingerprint density at radius 2 is 0.857 bits per heavy atom. The number of rotatable bonds is 5. The number of ether oxygens (including phenoxy) is 1. The van der Waals surface area contributed by atoms with E-state index in [9.17, 15) is 0 Å². The van der Waals surface area contributed by atoms with Crippen molar-refractivity contribution >= 4 is 27.8 Å². The summed E-state index contributed by atoms with van der Waals surface area (Å²) in [6.45, 7) is 13.9. The molecular weight excluding hydrogens is 847 g/mol. The molecule has 0 radical (unpaired) electrons. The normalized spacial score (nSPS) is 14.5. The third kappa shape index (κ3) is 5.92. The molecule has 13 rings (SSSR count). The Balaban J connectivity index is 1.15. The average Bonchev–Trinajstić information content (AvgIpc) is 3.85. The van der Waals surface area contributed by atoms with E-state index in [1.807, 2.05) is 0 Å². The Hall–Kier alpha value is -7.94. The van der Waals surface area contributed by atoms with E-state index < -0.39 is 10.8 Å². The average molecular weight is 902 g/mol. The summed E-state index contributed by atoms with van der Waals surface area (Å²) in [5.41, 5.74) is 19.5. The highest BCUT2D eigenvalue weighted by Gasteiger charge is 2.53. The van der Waals surface area contributed by atoms with Crippen LogP contribution in [0.3, 0.4) is 0 Å². The second kappa shape index (κ2) is 15.3. The molecule has 1 aliphatic heterocycles. The van der Waals surface area contributed by atoms with Crippen molar-refractivity contribution in [1.82, 2.24) is 0 Å². The van der Waals surface area contributed by atoms with Gasteiger partial charge in [-0.05, 0) is 126 Å². The van der Waals surface area contributed by atoms with E-state index in [0.717, 1.165) is 28.6 Å². The second-order valence-corrected chi connectivity index (χ2v) is 21.6. The second-order valence-electron chi connectivity index (χ2n) is 21.6. The lowest BCUT2D eigenvalue weighted by molar-refractivity contribution is 0.433. The maximum absolute atomic E-state index is 7.05. The lowest BCUT2D eigenvalue weighted by Gasteiger charge is -2.41. The van der Waals surface area contributed by atoms with Gasteiger partial charge in [0.05, 0.1) is 22.2 Å². The van der Waals surface area contributed by atoms with Gasteiger partial charge in [0.25, 0.3) is 0 Å². The fraction of sp³-hybridized carbons (Fsp3) is 0.147. The minimum atomic E-state index is -0.673. The Bertz CT molecular complexity index is 3610. The SMILES string of the molecule is CC(C)(C)c1ccc2c(c1)C1(c3cc(C(C)(C)C)ccc3O2)c2ccccc2-c2c(N(c3ccc4c(c3)C(c3ccccc3)(c3ccccc3)c3ccccc3-4)c3cccc4ccccc34)cccc21. The molecule has 0 unspecified atom stereocenters. The first-order valence-electron chi connectivity index (χ1n) is 24.8. The summed E-state index contributed by atoms with van der Waals surface area (Å²) in [5.74, 6) is 1.80. The molecule has 0 saturated carbocycles. The molecule has 0 N–H and O–H groups in total. The molecule has 10 aromatic carbocycles. The van der Waals surface area contributed by atoms with Crippen LogP contribution in [-0.2, 0) is 21.7 Å². The van der Waals surface area contributed by atoms with Crippen molar-refractivity contribution < 1.29 is 4.74 Å². The number of hydrogen-bond donors (Lipinski definition) is 0. The largest absolute Gasteiger partial charge is 0.457 e. The van der Waals surface area contributed by atoms with E-state index in [-0.39, 0.29) is 10.8 Å². The molecule has 10 aromatic rings. The van der Waals surface area contributed by atoms with E-state index in [1.54, 1.807) is 0 Å². The minimum absolute atomic E-state index is 0.0837. The van der Waals surface area contributed by atoms with Crippen molar-refractivity contribution in [3.8, 4) is 33.8 Å². The molecule has 70 heavy (non-hydrogen) atoms. The third-order valence-electron chi connectivity index (χ3n) is 15.7. The number of hydrogen-bond acceptors (Lipinski definition) is 2. The highest BCUT2D eigenvalue weighted by Crippen LogP contribution is 2.65. The Morgan fingerprint density at radius 3 is 1.50 bits per heavy atom. The van der Waals surface area contributed by atoms with Crippen LogP contribution in [0.5, 0.6) is 11.5 Å². The van der Waals surface area contributed by atoms with E-state index >= 15 is 0 Å². The summed E-state index contributed by atoms with van der Waals surface area (Å²) in [5, 5.41) is 2.39. The summed E-state index contributed by atoms with van der Waals surface area (Å²) in [6, 6.07) is 84.3. The van der Waals surface area contributed by atoms with Gasteiger partial charge in [-0.3, -0.25) is 0 Å². The van der Waals surface area contributed by atoms with Gasteiger partial charge in [0.1, 0.15) is 11.5 Å². The first-order valence-corrected chi connectivity index (χ1v) is 24.8. The maximum atomic E-state index is 7.05. The van der Waals surface area contributed by atoms with Crippen LogP contribution in [0.1, 0.15) is 97.2 Å². The van der Waals surface area contributed by atoms with Crippen molar-refractivity contribution in [3.63, 3.8) is 0 Å². The molecular formula is C68H55NO. The maximum Gasteiger partial charge on any atom is 0.132 e. The molecule has 3 aliphatic rings. The fourth-order valence-electron chi connectivity index (χ4n) is 12.5. The Morgan fingerprint density at radius 1 is 0.357 bits per heavy atom. The Kier molecular flexibility index (Phi) is 9.21. The zero-order valence-corrected chi connectivity index (χ0v) is 40.7. The lowest BCUT2D eigenvalue weighted by Crippen LogP contribution is -2.33. The van der Waals surface area contributed by atoms with Gasteiger partial charge in [-0.15, -0.1) is 0 Å². The first kappa shape index (κ1) is 42.2. The third-order valence-corrected chi connectivity index (χ3v) is 15.7. The van der Waals surface area contributed by atoms with Crippen molar-refractivity contribution in [3.05, 3.63) is 280 Å². The molecule has 1 heterocycles. The lowest BCUT2D eigenvalue weighted by atomic mass is 9.64. The van der Waals surface area contributed by atoms with Crippen molar-refractivity contribution in [2.75, 3.05) is 4.90 Å². The van der Waals surface area contributed by atoms with Gasteiger partial charge >= 0.3 is 0 Å². The molecule has 0 amide bonds. The molecule has 2 nitrogen and oxygen atoms in total. The molecule has 338 valence electrons. The standard InChI is InChI=1S/C68H55NO/c1-65(2,3)47-35-39-62-58(41-47)68(59-42-48(66(4,5)6)36-40-63(59)70-62)55-31-18-16-29-53(55)64-56(68)32-20-34-61(64)69(60-33-19-22-44-21-13-14-27-50(44)60)49-37-38-52-51-28-15-17-30-54(51)67(57(52)43-49,45-23-9-7-10-24-45)46-25-11-8-12-26-46/h7-43H,1-6H3. The van der Waals surface area contributed by atoms with Crippen LogP contribution < -0.4 is 9.64 Å². The zero-order chi connectivity index (χ0) is 47.6. The van der Waals surface area contributed by atoms with Gasteiger partial charge in [-0.2, -0.15) is 0 Å². The van der Waals surface area contributed by atoms with Gasteiger partial charge in [0, 0.05) is 27.8 Å². The van der Waals surface area contributed by atoms with E-state index in [1.165, 1.54) is 88.7 Å². The van der Waals surface area contributed by atoms with Crippen LogP contribution in [0.15, 0.2) is 224 Å². The highest BCUT2D eigenvalue weighted by molar-refractivity contribution is 6.04. The number of benzene rings is 10. The number of anilines is 3. The fourth-order valence-corrected chi connectivity index (χ4v) is 12.5. The van der Waals surface area contributed by atoms with Crippen LogP contribution in [0.2, 0.25) is 0 Å². The molecule has 0 aromatic heterocycles. The van der Waals surface area contributed by atoms with Crippen LogP contribution in [-0.4, -0.2) is 0 Å². The molecule has 0 fully saturated rings. The minimum Gasteiger partial charge on any atom is -0.457 e. The molecule has 0 bridgehead atoms. The van der Waals surface area contributed by atoms with Gasteiger partial charge in [-0.25, -0.2) is 0 Å². The predicted octanol–water partition coefficient (Wildman–Crippen LogP) is 17.7. The highest BCUT2D eigenvalue weighted by atomic mass is 16.5. The van der Waals surface area contributed by atoms with Gasteiger partial charge in [0.2, 0.25) is 0 Å². The van der Waals surface area contributed by atoms with Gasteiger partial charge in [0.15, 0.2) is 0 Å². The number of nitrogens with zero attached hydrogens (tertiary/aromatic N) is 1. The zero-order valence-electron chi connectivity index (χ0n) is 40.7. The summed E-state index contributed by atoms with van der Waals surface area (Å²) in [7, 11) is 0. The molecule has 1 spiro atoms. The first-order chi connectivity index (χ1) is 34.0. The monoisotopic (exact) mass is 901 g/mol. The summed E-state index contributed by atoms with van der Waals surface area (Å²) in [4.78, 5) is 2.57. The van der Waals surface area contributed by atoms with Crippen molar-refractivity contribution in [1.29, 1.82) is 0 Å². The molecule has 0 atom stereocenters. The predicted molar refractivity (Wildman–Crippen MR) is 291 cm³/mol. The molecule has 0 saturated heterocycles. The van der Waals surface area contributed by atoms with Gasteiger partial charge in [-0.1, -0.05) is 217 Å². The smallest absolute Gasteiger partial charge is 0.132 e. The van der Waals surface area contributed by atoms with Crippen molar-refractivity contribution in [2.24, 2.45) is 0 Å². The van der Waals surface area contributed by atoms with Crippen LogP contribution in [0, 0.1) is 0 Å². The summed E-state index contributed by atoms with van der Waals surface area (Å²) < 4.78 is 7.05. The van der Waals surface area contributed by atoms with E-state index in [4.69, 9.17) is 4.74 Å². The van der Waals surface area contributed by atoms with Crippen LogP contribution in [0.4, 0.5) is 17.1 Å². The number of fused-ring (bicyclic) bond motifs is 13. The topological polar surface area (TPSA) is 12.5 Å². The Labute approximate surface area is 412 Å². The van der Waals surface area contributed by atoms with Crippen LogP contribution in [0.25, 0.3) is 33.0 Å². The summed E-state index contributed by atoms with van der Waals surface area (Å²) in [6.07, 6.45) is 0. The van der Waals surface area contributed by atoms with Crippen LogP contribution >= 0.6 is 0 Å². The van der Waals surface area contributed by atoms with Crippen molar-refractivity contribution in [2.45, 2.75) is 63.2 Å². The molecule has 2 aliphatic carbocycles. The van der Waals surface area contributed by atoms with E-state index in [0.29, 0.717) is 0 Å². The summed E-state index contributed by atoms with van der Waals surface area (Å²) >= 11 is 0. The van der Waals surface area contributed by atoms with E-state index in [2.05, 4.69) is 271 Å². The quantitative estimate of drug-likeness (QED) is 0.171.